The molecule has 2 fully saturated rings. The standard InChI is InChI=1S/C18H24N2O13/c1-7(21)29-5-9-11(22)13(24)15(26)18(31-9)32-10-6-30-17(14(25)12(10)23)33-16-8(20(27)28)3-2-4-19-16/h2-4,9-15,17-18,22-26H,5-6H2,1H3/t9-,10-,11+,12+,13+,14-,15-,17+,18+/m1/s1. The minimum atomic E-state index is -1.75. The van der Waals surface area contributed by atoms with Gasteiger partial charge >= 0.3 is 11.7 Å². The lowest BCUT2D eigenvalue weighted by molar-refractivity contribution is -0.387. The van der Waals surface area contributed by atoms with Gasteiger partial charge in [-0.1, -0.05) is 0 Å². The lowest BCUT2D eigenvalue weighted by atomic mass is 9.99. The molecule has 0 radical (unpaired) electrons. The van der Waals surface area contributed by atoms with Crippen molar-refractivity contribution in [1.29, 1.82) is 0 Å². The fourth-order valence-electron chi connectivity index (χ4n) is 3.25. The number of esters is 1. The molecule has 0 aliphatic carbocycles. The molecule has 0 aromatic carbocycles. The largest absolute Gasteiger partial charge is 0.463 e. The Hall–Kier alpha value is -2.50. The number of aliphatic hydroxyl groups is 5. The van der Waals surface area contributed by atoms with Gasteiger partial charge in [0.1, 0.15) is 49.3 Å². The van der Waals surface area contributed by atoms with Crippen LogP contribution in [-0.2, 0) is 23.7 Å². The van der Waals surface area contributed by atoms with Gasteiger partial charge < -0.3 is 49.2 Å². The fourth-order valence-corrected chi connectivity index (χ4v) is 3.25. The zero-order valence-electron chi connectivity index (χ0n) is 17.2. The molecule has 2 aliphatic heterocycles. The Morgan fingerprint density at radius 2 is 1.85 bits per heavy atom. The van der Waals surface area contributed by atoms with Crippen molar-refractivity contribution in [3.05, 3.63) is 28.4 Å². The number of hydrogen-bond donors (Lipinski definition) is 5. The first-order valence-electron chi connectivity index (χ1n) is 9.82. The fraction of sp³-hybridized carbons (Fsp3) is 0.667. The first-order valence-corrected chi connectivity index (χ1v) is 9.82. The van der Waals surface area contributed by atoms with Gasteiger partial charge in [0, 0.05) is 19.2 Å². The molecule has 1 aromatic heterocycles. The number of carbonyl (C=O) groups excluding carboxylic acids is 1. The van der Waals surface area contributed by atoms with Crippen molar-refractivity contribution in [1.82, 2.24) is 4.98 Å². The maximum atomic E-state index is 11.1. The van der Waals surface area contributed by atoms with E-state index in [1.54, 1.807) is 0 Å². The van der Waals surface area contributed by atoms with E-state index in [0.717, 1.165) is 13.0 Å². The molecule has 2 saturated heterocycles. The summed E-state index contributed by atoms with van der Waals surface area (Å²) in [7, 11) is 0. The van der Waals surface area contributed by atoms with Gasteiger partial charge in [-0.05, 0) is 6.07 Å². The number of nitro groups is 1. The summed E-state index contributed by atoms with van der Waals surface area (Å²) < 4.78 is 26.1. The summed E-state index contributed by atoms with van der Waals surface area (Å²) in [5.74, 6) is -1.10. The Bertz CT molecular complexity index is 841. The number of aliphatic hydroxyl groups excluding tert-OH is 5. The minimum Gasteiger partial charge on any atom is -0.463 e. The molecular formula is C18H24N2O13. The molecule has 0 bridgehead atoms. The van der Waals surface area contributed by atoms with Gasteiger partial charge in [-0.25, -0.2) is 4.98 Å². The molecule has 15 heteroatoms. The summed E-state index contributed by atoms with van der Waals surface area (Å²) in [6, 6.07) is 2.45. The Kier molecular flexibility index (Phi) is 8.09. The second-order valence-electron chi connectivity index (χ2n) is 7.38. The van der Waals surface area contributed by atoms with E-state index in [1.807, 2.05) is 0 Å². The average Bonchev–Trinajstić information content (AvgIpc) is 2.78. The van der Waals surface area contributed by atoms with E-state index in [9.17, 15) is 40.4 Å². The van der Waals surface area contributed by atoms with Crippen molar-refractivity contribution in [2.24, 2.45) is 0 Å². The quantitative estimate of drug-likeness (QED) is 0.152. The lowest BCUT2D eigenvalue weighted by Crippen LogP contribution is -2.62. The van der Waals surface area contributed by atoms with Crippen molar-refractivity contribution in [3.63, 3.8) is 0 Å². The van der Waals surface area contributed by atoms with E-state index in [4.69, 9.17) is 23.7 Å². The van der Waals surface area contributed by atoms with Crippen LogP contribution in [0.2, 0.25) is 0 Å². The topological polar surface area (TPSA) is 220 Å². The summed E-state index contributed by atoms with van der Waals surface area (Å²) >= 11 is 0. The van der Waals surface area contributed by atoms with Crippen LogP contribution in [0.1, 0.15) is 6.92 Å². The zero-order chi connectivity index (χ0) is 24.3. The van der Waals surface area contributed by atoms with Crippen LogP contribution in [0.15, 0.2) is 18.3 Å². The van der Waals surface area contributed by atoms with Gasteiger partial charge in [-0.15, -0.1) is 0 Å². The van der Waals surface area contributed by atoms with Gasteiger partial charge in [-0.3, -0.25) is 14.9 Å². The maximum absolute atomic E-state index is 11.1. The first kappa shape index (κ1) is 25.1. The SMILES string of the molecule is CC(=O)OC[C@H]1O[C@@H](O[C@@H]2CO[C@@H](Oc3ncccc3[N+](=O)[O-])[C@H](O)[C@H]2O)[C@H](O)[C@@H](O)[C@H]1O. The molecule has 33 heavy (non-hydrogen) atoms. The third-order valence-corrected chi connectivity index (χ3v) is 5.04. The molecule has 3 heterocycles. The van der Waals surface area contributed by atoms with E-state index >= 15 is 0 Å². The van der Waals surface area contributed by atoms with Gasteiger partial charge in [-0.2, -0.15) is 0 Å². The highest BCUT2D eigenvalue weighted by Crippen LogP contribution is 2.29. The molecule has 0 spiro atoms. The van der Waals surface area contributed by atoms with Gasteiger partial charge in [0.05, 0.1) is 11.5 Å². The highest BCUT2D eigenvalue weighted by molar-refractivity contribution is 5.65. The second kappa shape index (κ2) is 10.6. The third-order valence-electron chi connectivity index (χ3n) is 5.04. The molecular weight excluding hydrogens is 452 g/mol. The minimum absolute atomic E-state index is 0.413. The summed E-state index contributed by atoms with van der Waals surface area (Å²) in [4.78, 5) is 25.1. The zero-order valence-corrected chi connectivity index (χ0v) is 17.2. The predicted molar refractivity (Wildman–Crippen MR) is 101 cm³/mol. The van der Waals surface area contributed by atoms with Crippen LogP contribution < -0.4 is 4.74 Å². The molecule has 0 saturated carbocycles. The summed E-state index contributed by atoms with van der Waals surface area (Å²) in [5, 5.41) is 62.1. The van der Waals surface area contributed by atoms with Crippen LogP contribution in [0.3, 0.4) is 0 Å². The number of rotatable bonds is 7. The molecule has 3 rings (SSSR count). The smallest absolute Gasteiger partial charge is 0.331 e. The van der Waals surface area contributed by atoms with Gasteiger partial charge in [0.15, 0.2) is 6.29 Å². The van der Waals surface area contributed by atoms with Crippen LogP contribution in [0.25, 0.3) is 0 Å². The van der Waals surface area contributed by atoms with Gasteiger partial charge in [0.2, 0.25) is 6.29 Å². The number of aromatic nitrogens is 1. The highest BCUT2D eigenvalue weighted by atomic mass is 16.7. The van der Waals surface area contributed by atoms with E-state index in [1.165, 1.54) is 12.3 Å². The number of nitrogens with zero attached hydrogens (tertiary/aromatic N) is 2. The Balaban J connectivity index is 1.64. The first-order chi connectivity index (χ1) is 15.6. The van der Waals surface area contributed by atoms with E-state index in [-0.39, 0.29) is 0 Å². The van der Waals surface area contributed by atoms with E-state index < -0.39 is 91.0 Å². The number of ether oxygens (including phenoxy) is 5. The molecule has 1 aromatic rings. The van der Waals surface area contributed by atoms with Crippen molar-refractivity contribution in [2.45, 2.75) is 62.2 Å². The lowest BCUT2D eigenvalue weighted by Gasteiger charge is -2.43. The van der Waals surface area contributed by atoms with Crippen LogP contribution in [0.5, 0.6) is 5.88 Å². The number of pyridine rings is 1. The molecule has 9 atom stereocenters. The molecule has 0 amide bonds. The van der Waals surface area contributed by atoms with Crippen LogP contribution in [0.4, 0.5) is 5.69 Å². The Labute approximate surface area is 186 Å². The second-order valence-corrected chi connectivity index (χ2v) is 7.38. The summed E-state index contributed by atoms with van der Waals surface area (Å²) in [5.41, 5.74) is -0.480. The van der Waals surface area contributed by atoms with Crippen molar-refractivity contribution in [3.8, 4) is 5.88 Å². The maximum Gasteiger partial charge on any atom is 0.331 e. The Morgan fingerprint density at radius 1 is 1.15 bits per heavy atom. The predicted octanol–water partition coefficient (Wildman–Crippen LogP) is -2.80. The monoisotopic (exact) mass is 476 g/mol. The molecule has 5 N–H and O–H groups in total. The number of hydrogen-bond acceptors (Lipinski definition) is 14. The Morgan fingerprint density at radius 3 is 2.52 bits per heavy atom. The van der Waals surface area contributed by atoms with Crippen molar-refractivity contribution < 1.29 is 58.9 Å². The molecule has 184 valence electrons. The van der Waals surface area contributed by atoms with Crippen molar-refractivity contribution >= 4 is 11.7 Å². The van der Waals surface area contributed by atoms with Crippen LogP contribution >= 0.6 is 0 Å². The van der Waals surface area contributed by atoms with Crippen molar-refractivity contribution in [2.75, 3.05) is 13.2 Å². The van der Waals surface area contributed by atoms with Crippen LogP contribution in [-0.4, -0.2) is 110 Å². The molecule has 2 aliphatic rings. The normalized spacial score (nSPS) is 36.7. The molecule has 15 nitrogen and oxygen atoms in total. The van der Waals surface area contributed by atoms with E-state index in [2.05, 4.69) is 4.98 Å². The third kappa shape index (κ3) is 5.71. The summed E-state index contributed by atoms with van der Waals surface area (Å²) in [6.07, 6.45) is -12.9. The van der Waals surface area contributed by atoms with E-state index in [0.29, 0.717) is 0 Å². The average molecular weight is 476 g/mol. The van der Waals surface area contributed by atoms with Gasteiger partial charge in [0.25, 0.3) is 5.88 Å². The molecule has 0 unspecified atom stereocenters. The highest BCUT2D eigenvalue weighted by Gasteiger charge is 2.48. The number of carbonyl (C=O) groups is 1. The summed E-state index contributed by atoms with van der Waals surface area (Å²) in [6.45, 7) is 0.276. The van der Waals surface area contributed by atoms with Crippen LogP contribution in [0, 0.1) is 10.1 Å².